The Morgan fingerprint density at radius 1 is 0.600 bits per heavy atom. The lowest BCUT2D eigenvalue weighted by molar-refractivity contribution is 0.863. The van der Waals surface area contributed by atoms with Crippen LogP contribution in [0, 0.1) is 0 Å². The van der Waals surface area contributed by atoms with E-state index in [4.69, 9.17) is 0 Å². The molecule has 0 aromatic heterocycles. The Morgan fingerprint density at radius 2 is 0.800 bits per heavy atom. The van der Waals surface area contributed by atoms with Gasteiger partial charge in [0.15, 0.2) is 0 Å². The van der Waals surface area contributed by atoms with Crippen molar-refractivity contribution in [2.75, 3.05) is 0 Å². The first-order chi connectivity index (χ1) is 4.46. The molecule has 0 spiro atoms. The van der Waals surface area contributed by atoms with Gasteiger partial charge in [0.25, 0.3) is 0 Å². The Balaban J connectivity index is 3.98. The van der Waals surface area contributed by atoms with E-state index in [1.165, 1.54) is 0 Å². The molecule has 0 nitrogen and oxygen atoms in total. The van der Waals surface area contributed by atoms with Crippen molar-refractivity contribution in [2.45, 2.75) is 59.0 Å². The van der Waals surface area contributed by atoms with E-state index in [2.05, 4.69) is 41.5 Å². The van der Waals surface area contributed by atoms with Crippen LogP contribution in [0.2, 0.25) is 17.5 Å². The Kier molecular flexibility index (Phi) is 4.08. The molecule has 0 amide bonds. The first-order valence-corrected chi connectivity index (χ1v) is 4.46. The summed E-state index contributed by atoms with van der Waals surface area (Å²) in [5.74, 6) is 2.50. The van der Waals surface area contributed by atoms with E-state index < -0.39 is 0 Å². The Labute approximate surface area is 66.5 Å². The summed E-state index contributed by atoms with van der Waals surface area (Å²) < 4.78 is 0. The van der Waals surface area contributed by atoms with Crippen molar-refractivity contribution in [3.8, 4) is 0 Å². The number of hydrogen-bond donors (Lipinski definition) is 0. The minimum Gasteiger partial charge on any atom is -0.0693 e. The molecule has 0 rings (SSSR count). The van der Waals surface area contributed by atoms with Gasteiger partial charge in [-0.25, -0.2) is 0 Å². The topological polar surface area (TPSA) is 0 Å². The zero-order valence-corrected chi connectivity index (χ0v) is 8.31. The molecule has 0 bridgehead atoms. The molecule has 0 N–H and O–H groups in total. The second-order valence-corrected chi connectivity index (χ2v) is 4.31. The van der Waals surface area contributed by atoms with E-state index in [9.17, 15) is 0 Å². The van der Waals surface area contributed by atoms with Crippen LogP contribution < -0.4 is 0 Å². The molecule has 0 unspecified atom stereocenters. The summed E-state index contributed by atoms with van der Waals surface area (Å²) in [5.41, 5.74) is 0. The Morgan fingerprint density at radius 3 is 0.800 bits per heavy atom. The predicted molar refractivity (Wildman–Crippen MR) is 51.0 cm³/mol. The third-order valence-corrected chi connectivity index (χ3v) is 2.31. The SMILES string of the molecule is CC(C)B(C(C)C)C(C)C. The minimum atomic E-state index is 0.833. The fourth-order valence-electron chi connectivity index (χ4n) is 2.31. The minimum absolute atomic E-state index is 0.833. The van der Waals surface area contributed by atoms with Gasteiger partial charge in [-0.3, -0.25) is 0 Å². The first kappa shape index (κ1) is 10.1. The molecule has 0 saturated carbocycles. The maximum atomic E-state index is 2.32. The van der Waals surface area contributed by atoms with Crippen LogP contribution in [0.3, 0.4) is 0 Å². The first-order valence-electron chi connectivity index (χ1n) is 4.46. The van der Waals surface area contributed by atoms with E-state index in [0.29, 0.717) is 0 Å². The molecule has 0 heterocycles. The van der Waals surface area contributed by atoms with E-state index in [0.717, 1.165) is 24.2 Å². The van der Waals surface area contributed by atoms with Crippen LogP contribution in [0.15, 0.2) is 0 Å². The highest BCUT2D eigenvalue weighted by Crippen LogP contribution is 2.28. The summed E-state index contributed by atoms with van der Waals surface area (Å²) in [6.07, 6.45) is 0. The molecule has 0 atom stereocenters. The highest BCUT2D eigenvalue weighted by molar-refractivity contribution is 6.63. The number of hydrogen-bond acceptors (Lipinski definition) is 0. The molecule has 0 aromatic carbocycles. The lowest BCUT2D eigenvalue weighted by Gasteiger charge is -2.24. The average Bonchev–Trinajstić information content (AvgIpc) is 1.59. The molecule has 0 fully saturated rings. The van der Waals surface area contributed by atoms with Gasteiger partial charge in [-0.05, 0) is 0 Å². The largest absolute Gasteiger partial charge is 0.147 e. The van der Waals surface area contributed by atoms with Crippen LogP contribution in [0.5, 0.6) is 0 Å². The van der Waals surface area contributed by atoms with Gasteiger partial charge in [0.05, 0.1) is 0 Å². The van der Waals surface area contributed by atoms with E-state index in [1.807, 2.05) is 0 Å². The smallest absolute Gasteiger partial charge is 0.0693 e. The monoisotopic (exact) mass is 140 g/mol. The predicted octanol–water partition coefficient (Wildman–Crippen LogP) is 3.71. The van der Waals surface area contributed by atoms with Gasteiger partial charge in [0, 0.05) is 0 Å². The van der Waals surface area contributed by atoms with Crippen molar-refractivity contribution in [3.63, 3.8) is 0 Å². The van der Waals surface area contributed by atoms with E-state index >= 15 is 0 Å². The second-order valence-electron chi connectivity index (χ2n) is 4.31. The van der Waals surface area contributed by atoms with Gasteiger partial charge >= 0.3 is 0 Å². The maximum Gasteiger partial charge on any atom is 0.147 e. The normalized spacial score (nSPS) is 11.7. The lowest BCUT2D eigenvalue weighted by atomic mass is 9.30. The van der Waals surface area contributed by atoms with Gasteiger partial charge in [-0.15, -0.1) is 0 Å². The van der Waals surface area contributed by atoms with Crippen LogP contribution >= 0.6 is 0 Å². The summed E-state index contributed by atoms with van der Waals surface area (Å²) in [4.78, 5) is 0. The highest BCUT2D eigenvalue weighted by Gasteiger charge is 2.24. The Hall–Kier alpha value is 0.0649. The van der Waals surface area contributed by atoms with Crippen LogP contribution in [-0.4, -0.2) is 6.71 Å². The second kappa shape index (κ2) is 4.05. The Bertz CT molecular complexity index is 65.7. The lowest BCUT2D eigenvalue weighted by Crippen LogP contribution is -2.24. The molecule has 10 heavy (non-hydrogen) atoms. The van der Waals surface area contributed by atoms with Crippen molar-refractivity contribution < 1.29 is 0 Å². The van der Waals surface area contributed by atoms with E-state index in [1.54, 1.807) is 0 Å². The van der Waals surface area contributed by atoms with Crippen molar-refractivity contribution >= 4 is 6.71 Å². The average molecular weight is 140 g/mol. The van der Waals surface area contributed by atoms with Gasteiger partial charge in [0.2, 0.25) is 0 Å². The summed E-state index contributed by atoms with van der Waals surface area (Å²) >= 11 is 0. The maximum absolute atomic E-state index is 2.32. The summed E-state index contributed by atoms with van der Waals surface area (Å²) in [5, 5.41) is 0. The van der Waals surface area contributed by atoms with Gasteiger partial charge in [0.1, 0.15) is 6.71 Å². The molecular weight excluding hydrogens is 119 g/mol. The van der Waals surface area contributed by atoms with Crippen molar-refractivity contribution in [1.82, 2.24) is 0 Å². The highest BCUT2D eigenvalue weighted by atomic mass is 14.0. The molecule has 0 saturated heterocycles. The van der Waals surface area contributed by atoms with Crippen molar-refractivity contribution in [3.05, 3.63) is 0 Å². The zero-order chi connectivity index (χ0) is 8.31. The third-order valence-electron chi connectivity index (χ3n) is 2.31. The molecule has 1 heteroatoms. The van der Waals surface area contributed by atoms with Gasteiger partial charge in [-0.2, -0.15) is 0 Å². The molecule has 60 valence electrons. The molecule has 0 aliphatic carbocycles. The fourth-order valence-corrected chi connectivity index (χ4v) is 2.31. The fraction of sp³-hybridized carbons (Fsp3) is 1.00. The van der Waals surface area contributed by atoms with Crippen LogP contribution in [0.4, 0.5) is 0 Å². The van der Waals surface area contributed by atoms with Crippen LogP contribution in [0.1, 0.15) is 41.5 Å². The summed E-state index contributed by atoms with van der Waals surface area (Å²) in [6, 6.07) is 0. The van der Waals surface area contributed by atoms with Crippen LogP contribution in [0.25, 0.3) is 0 Å². The number of rotatable bonds is 3. The molecule has 0 aliphatic rings. The van der Waals surface area contributed by atoms with Gasteiger partial charge < -0.3 is 0 Å². The van der Waals surface area contributed by atoms with Gasteiger partial charge in [-0.1, -0.05) is 59.0 Å². The quantitative estimate of drug-likeness (QED) is 0.524. The summed E-state index contributed by atoms with van der Waals surface area (Å²) in [6.45, 7) is 14.8. The molecule has 0 aromatic rings. The molecule has 0 radical (unpaired) electrons. The summed E-state index contributed by atoms with van der Waals surface area (Å²) in [7, 11) is 0. The molecule has 0 aliphatic heterocycles. The standard InChI is InChI=1S/C9H21B/c1-7(2)10(8(3)4)9(5)6/h7-9H,1-6H3. The van der Waals surface area contributed by atoms with Crippen LogP contribution in [-0.2, 0) is 0 Å². The third kappa shape index (κ3) is 2.77. The zero-order valence-electron chi connectivity index (χ0n) is 8.31. The van der Waals surface area contributed by atoms with Crippen molar-refractivity contribution in [2.24, 2.45) is 0 Å². The molecular formula is C9H21B. The van der Waals surface area contributed by atoms with Crippen molar-refractivity contribution in [1.29, 1.82) is 0 Å². The van der Waals surface area contributed by atoms with E-state index in [-0.39, 0.29) is 0 Å².